The van der Waals surface area contributed by atoms with Gasteiger partial charge in [0.1, 0.15) is 41.1 Å². The number of imidazole rings is 2. The molecule has 2 saturated heterocycles. The Morgan fingerprint density at radius 2 is 1.28 bits per heavy atom. The first-order chi connectivity index (χ1) is 32.2. The summed E-state index contributed by atoms with van der Waals surface area (Å²) in [6.45, 7) is 8.45. The molecule has 67 heavy (non-hydrogen) atoms. The Morgan fingerprint density at radius 1 is 0.731 bits per heavy atom. The Morgan fingerprint density at radius 3 is 1.82 bits per heavy atom. The normalized spacial score (nSPS) is 18.7. The van der Waals surface area contributed by atoms with Crippen molar-refractivity contribution >= 4 is 34.9 Å². The van der Waals surface area contributed by atoms with Crippen LogP contribution < -0.4 is 15.4 Å². The van der Waals surface area contributed by atoms with Crippen LogP contribution in [-0.4, -0.2) is 97.7 Å². The standard InChI is InChI=1S/C49H53F2N9O7/c1-25(2)41(56-48(63)65-5)45(61)58-17-7-9-36(58)43-52-23-33(54-43)28-13-16-35-30(19-28)21-38-40-32(51)20-29(22-39(40)67-47(60(35)38)27-11-14-31(50)15-12-27)34-24-53-44(55-34)37-10-8-18-59(37)46(62)42(26(3)4)57-49(64)66-6/h11-16,19-26,36-37,41-42,47H,7-10,17-18H2,1-6H3,(H,52,54)(H,53,55)(H,56,63)(H,57,64)/t36-,37-,41-,42-,47?/m0/s1. The topological polar surface area (TPSA) is 189 Å². The number of methoxy groups -OCH3 is 2. The smallest absolute Gasteiger partial charge is 0.407 e. The van der Waals surface area contributed by atoms with Gasteiger partial charge in [-0.05, 0) is 80.0 Å². The number of carbonyl (C=O) groups excluding carboxylic acids is 4. The van der Waals surface area contributed by atoms with Gasteiger partial charge in [0.05, 0.1) is 66.9 Å². The molecule has 6 aromatic rings. The lowest BCUT2D eigenvalue weighted by Gasteiger charge is -2.31. The minimum Gasteiger partial charge on any atom is -0.465 e. The van der Waals surface area contributed by atoms with E-state index in [-0.39, 0.29) is 41.0 Å². The third-order valence-corrected chi connectivity index (χ3v) is 13.1. The highest BCUT2D eigenvalue weighted by atomic mass is 19.1. The maximum absolute atomic E-state index is 16.8. The molecule has 9 rings (SSSR count). The van der Waals surface area contributed by atoms with E-state index in [2.05, 4.69) is 25.6 Å². The molecule has 3 aromatic heterocycles. The number of fused-ring (bicyclic) bond motifs is 5. The Balaban J connectivity index is 1.03. The summed E-state index contributed by atoms with van der Waals surface area (Å²) in [4.78, 5) is 71.4. The van der Waals surface area contributed by atoms with Gasteiger partial charge in [-0.15, -0.1) is 0 Å². The molecule has 16 nitrogen and oxygen atoms in total. The van der Waals surface area contributed by atoms with Crippen molar-refractivity contribution in [2.24, 2.45) is 11.8 Å². The third kappa shape index (κ3) is 8.44. The molecule has 4 amide bonds. The predicted molar refractivity (Wildman–Crippen MR) is 243 cm³/mol. The Kier molecular flexibility index (Phi) is 12.2. The van der Waals surface area contributed by atoms with E-state index in [1.54, 1.807) is 40.4 Å². The molecular formula is C49H53F2N9O7. The van der Waals surface area contributed by atoms with Crippen molar-refractivity contribution in [1.29, 1.82) is 0 Å². The number of rotatable bonds is 11. The number of likely N-dealkylation sites (tertiary alicyclic amines) is 2. The third-order valence-electron chi connectivity index (χ3n) is 13.1. The monoisotopic (exact) mass is 917 g/mol. The van der Waals surface area contributed by atoms with Gasteiger partial charge in [-0.2, -0.15) is 0 Å². The quantitative estimate of drug-likeness (QED) is 0.0990. The summed E-state index contributed by atoms with van der Waals surface area (Å²) in [5.74, 6) is -0.318. The largest absolute Gasteiger partial charge is 0.465 e. The molecule has 3 aliphatic rings. The number of alkyl carbamates (subject to hydrolysis) is 2. The van der Waals surface area contributed by atoms with E-state index < -0.39 is 48.2 Å². The van der Waals surface area contributed by atoms with Crippen LogP contribution in [-0.2, 0) is 19.1 Å². The van der Waals surface area contributed by atoms with Crippen LogP contribution in [0.15, 0.2) is 73.1 Å². The van der Waals surface area contributed by atoms with Crippen molar-refractivity contribution in [3.63, 3.8) is 0 Å². The second kappa shape index (κ2) is 18.2. The minimum absolute atomic E-state index is 0.170. The van der Waals surface area contributed by atoms with E-state index >= 15 is 4.39 Å². The van der Waals surface area contributed by atoms with E-state index in [0.29, 0.717) is 60.1 Å². The van der Waals surface area contributed by atoms with Crippen molar-refractivity contribution < 1.29 is 42.2 Å². The minimum atomic E-state index is -0.794. The maximum atomic E-state index is 16.8. The van der Waals surface area contributed by atoms with Gasteiger partial charge in [-0.1, -0.05) is 45.9 Å². The molecule has 6 heterocycles. The molecule has 0 bridgehead atoms. The summed E-state index contributed by atoms with van der Waals surface area (Å²) < 4.78 is 49.2. The van der Waals surface area contributed by atoms with Crippen LogP contribution in [0, 0.1) is 23.5 Å². The fourth-order valence-electron chi connectivity index (χ4n) is 9.64. The van der Waals surface area contributed by atoms with E-state index in [9.17, 15) is 23.6 Å². The number of halogens is 2. The van der Waals surface area contributed by atoms with E-state index in [0.717, 1.165) is 35.0 Å². The lowest BCUT2D eigenvalue weighted by Crippen LogP contribution is -2.51. The Hall–Kier alpha value is -7.24. The first-order valence-electron chi connectivity index (χ1n) is 22.6. The molecule has 0 radical (unpaired) electrons. The summed E-state index contributed by atoms with van der Waals surface area (Å²) in [6.07, 6.45) is 4.04. The molecule has 0 aliphatic carbocycles. The molecule has 5 atom stereocenters. The zero-order valence-corrected chi connectivity index (χ0v) is 38.1. The average Bonchev–Trinajstić information content (AvgIpc) is 4.18. The van der Waals surface area contributed by atoms with E-state index in [1.807, 2.05) is 56.5 Å². The molecule has 0 saturated carbocycles. The lowest BCUT2D eigenvalue weighted by atomic mass is 10.0. The maximum Gasteiger partial charge on any atom is 0.407 e. The number of aromatic amines is 2. The van der Waals surface area contributed by atoms with Gasteiger partial charge >= 0.3 is 12.2 Å². The number of hydrogen-bond acceptors (Lipinski definition) is 9. The second-order valence-electron chi connectivity index (χ2n) is 18.0. The van der Waals surface area contributed by atoms with Crippen LogP contribution in [0.3, 0.4) is 0 Å². The summed E-state index contributed by atoms with van der Waals surface area (Å²) in [6, 6.07) is 14.7. The van der Waals surface area contributed by atoms with Gasteiger partial charge in [-0.3, -0.25) is 9.59 Å². The zero-order chi connectivity index (χ0) is 47.3. The fraction of sp³-hybridized carbons (Fsp3) is 0.388. The number of ether oxygens (including phenoxy) is 3. The highest BCUT2D eigenvalue weighted by Crippen LogP contribution is 2.47. The molecule has 0 spiro atoms. The van der Waals surface area contributed by atoms with Gasteiger partial charge in [0.2, 0.25) is 18.0 Å². The molecule has 350 valence electrons. The first-order valence-corrected chi connectivity index (χ1v) is 22.6. The van der Waals surface area contributed by atoms with Crippen LogP contribution >= 0.6 is 0 Å². The van der Waals surface area contributed by atoms with Crippen molar-refractivity contribution in [2.45, 2.75) is 83.8 Å². The lowest BCUT2D eigenvalue weighted by molar-refractivity contribution is -0.136. The molecule has 4 N–H and O–H groups in total. The zero-order valence-electron chi connectivity index (χ0n) is 38.1. The van der Waals surface area contributed by atoms with Crippen molar-refractivity contribution in [1.82, 2.24) is 44.9 Å². The number of nitrogens with zero attached hydrogens (tertiary/aromatic N) is 5. The van der Waals surface area contributed by atoms with Crippen molar-refractivity contribution in [2.75, 3.05) is 27.3 Å². The van der Waals surface area contributed by atoms with Crippen molar-refractivity contribution in [3.8, 4) is 39.5 Å². The summed E-state index contributed by atoms with van der Waals surface area (Å²) >= 11 is 0. The predicted octanol–water partition coefficient (Wildman–Crippen LogP) is 8.39. The van der Waals surface area contributed by atoms with Crippen LogP contribution in [0.4, 0.5) is 18.4 Å². The fourth-order valence-corrected chi connectivity index (χ4v) is 9.64. The van der Waals surface area contributed by atoms with Gasteiger partial charge in [0, 0.05) is 35.2 Å². The highest BCUT2D eigenvalue weighted by molar-refractivity contribution is 5.93. The number of benzene rings is 3. The van der Waals surface area contributed by atoms with Gasteiger partial charge in [-0.25, -0.2) is 28.3 Å². The first kappa shape index (κ1) is 44.9. The number of aromatic nitrogens is 5. The number of carbonyl (C=O) groups is 4. The van der Waals surface area contributed by atoms with Crippen LogP contribution in [0.5, 0.6) is 5.75 Å². The highest BCUT2D eigenvalue weighted by Gasteiger charge is 2.40. The SMILES string of the molecule is COC(=O)N[C@H](C(=O)N1CCC[C@H]1c1ncc(-c2cc(F)c3c(c2)OC(c2ccc(F)cc2)n2c-3cc3cc(-c4cnc([C@@H]5CCCN5C(=O)[C@@H](NC(=O)OC)C(C)C)[nH]4)ccc32)[nH]1)C(C)C. The number of nitrogens with one attached hydrogen (secondary N) is 4. The van der Waals surface area contributed by atoms with Crippen LogP contribution in [0.25, 0.3) is 44.7 Å². The summed E-state index contributed by atoms with van der Waals surface area (Å²) in [5.41, 5.74) is 4.73. The Bertz CT molecular complexity index is 2850. The van der Waals surface area contributed by atoms with Gasteiger partial charge < -0.3 is 49.2 Å². The summed E-state index contributed by atoms with van der Waals surface area (Å²) in [5, 5.41) is 6.14. The molecule has 18 heteroatoms. The number of H-pyrrole nitrogens is 2. The molecule has 3 aliphatic heterocycles. The number of hydrogen-bond donors (Lipinski definition) is 4. The van der Waals surface area contributed by atoms with E-state index in [1.165, 1.54) is 32.4 Å². The van der Waals surface area contributed by atoms with Crippen LogP contribution in [0.1, 0.15) is 88.9 Å². The van der Waals surface area contributed by atoms with Crippen molar-refractivity contribution in [3.05, 3.63) is 102 Å². The number of amides is 4. The Labute approximate surface area is 385 Å². The van der Waals surface area contributed by atoms with Gasteiger partial charge in [0.25, 0.3) is 0 Å². The summed E-state index contributed by atoms with van der Waals surface area (Å²) in [7, 11) is 2.52. The molecule has 2 fully saturated rings. The van der Waals surface area contributed by atoms with Gasteiger partial charge in [0.15, 0.2) is 0 Å². The molecule has 1 unspecified atom stereocenters. The van der Waals surface area contributed by atoms with E-state index in [4.69, 9.17) is 19.2 Å². The molecular weight excluding hydrogens is 865 g/mol. The second-order valence-corrected chi connectivity index (χ2v) is 18.0. The average molecular weight is 918 g/mol. The van der Waals surface area contributed by atoms with Crippen LogP contribution in [0.2, 0.25) is 0 Å². The molecule has 3 aromatic carbocycles.